The fourth-order valence-electron chi connectivity index (χ4n) is 1.96. The highest BCUT2D eigenvalue weighted by atomic mass is 16.5. The van der Waals surface area contributed by atoms with Crippen LogP contribution < -0.4 is 14.8 Å². The minimum absolute atomic E-state index is 0.507. The van der Waals surface area contributed by atoms with E-state index < -0.39 is 0 Å². The van der Waals surface area contributed by atoms with Crippen molar-refractivity contribution in [3.05, 3.63) is 66.8 Å². The number of nitrogens with one attached hydrogen (secondary N) is 1. The Morgan fingerprint density at radius 3 is 2.59 bits per heavy atom. The SMILES string of the molecule is COc1ccccc1Oc1ccc(NCc2ccco2)cn1. The van der Waals surface area contributed by atoms with Gasteiger partial charge >= 0.3 is 0 Å². The number of rotatable bonds is 6. The molecule has 2 aromatic heterocycles. The van der Waals surface area contributed by atoms with Crippen LogP contribution in [0, 0.1) is 0 Å². The standard InChI is InChI=1S/C17H16N2O3/c1-20-15-6-2-3-7-16(15)22-17-9-8-13(11-19-17)18-12-14-5-4-10-21-14/h2-11,18H,12H2,1H3. The summed E-state index contributed by atoms with van der Waals surface area (Å²) in [6, 6.07) is 14.9. The molecule has 0 fully saturated rings. The van der Waals surface area contributed by atoms with Crippen molar-refractivity contribution in [1.29, 1.82) is 0 Å². The third-order valence-corrected chi connectivity index (χ3v) is 3.07. The highest BCUT2D eigenvalue weighted by molar-refractivity contribution is 5.45. The quantitative estimate of drug-likeness (QED) is 0.742. The third-order valence-electron chi connectivity index (χ3n) is 3.07. The van der Waals surface area contributed by atoms with Crippen LogP contribution in [-0.2, 0) is 6.54 Å². The molecule has 1 N–H and O–H groups in total. The molecule has 0 aliphatic rings. The van der Waals surface area contributed by atoms with Gasteiger partial charge in [-0.05, 0) is 30.3 Å². The van der Waals surface area contributed by atoms with Crippen molar-refractivity contribution in [3.8, 4) is 17.4 Å². The molecule has 0 aliphatic carbocycles. The maximum Gasteiger partial charge on any atom is 0.219 e. The first kappa shape index (κ1) is 14.0. The van der Waals surface area contributed by atoms with Gasteiger partial charge in [0.25, 0.3) is 0 Å². The molecular formula is C17H16N2O3. The van der Waals surface area contributed by atoms with E-state index in [1.165, 1.54) is 0 Å². The number of ether oxygens (including phenoxy) is 2. The molecule has 5 heteroatoms. The zero-order valence-electron chi connectivity index (χ0n) is 12.2. The number of benzene rings is 1. The molecule has 1 aromatic carbocycles. The van der Waals surface area contributed by atoms with E-state index in [1.54, 1.807) is 25.6 Å². The van der Waals surface area contributed by atoms with Crippen LogP contribution in [0.4, 0.5) is 5.69 Å². The summed E-state index contributed by atoms with van der Waals surface area (Å²) < 4.78 is 16.2. The highest BCUT2D eigenvalue weighted by Gasteiger charge is 2.05. The first-order valence-electron chi connectivity index (χ1n) is 6.88. The lowest BCUT2D eigenvalue weighted by Gasteiger charge is -2.10. The van der Waals surface area contributed by atoms with Gasteiger partial charge in [-0.2, -0.15) is 0 Å². The van der Waals surface area contributed by atoms with E-state index in [9.17, 15) is 0 Å². The van der Waals surface area contributed by atoms with Crippen LogP contribution in [0.3, 0.4) is 0 Å². The molecule has 0 saturated carbocycles. The highest BCUT2D eigenvalue weighted by Crippen LogP contribution is 2.30. The van der Waals surface area contributed by atoms with Gasteiger partial charge in [-0.15, -0.1) is 0 Å². The summed E-state index contributed by atoms with van der Waals surface area (Å²) in [5.74, 6) is 2.68. The fraction of sp³-hybridized carbons (Fsp3) is 0.118. The van der Waals surface area contributed by atoms with Gasteiger partial charge in [-0.1, -0.05) is 12.1 Å². The number of pyridine rings is 1. The van der Waals surface area contributed by atoms with Crippen LogP contribution in [0.1, 0.15) is 5.76 Å². The average Bonchev–Trinajstić information content (AvgIpc) is 3.08. The second-order valence-corrected chi connectivity index (χ2v) is 4.57. The fourth-order valence-corrected chi connectivity index (χ4v) is 1.96. The number of hydrogen-bond donors (Lipinski definition) is 1. The lowest BCUT2D eigenvalue weighted by molar-refractivity contribution is 0.374. The van der Waals surface area contributed by atoms with Gasteiger partial charge < -0.3 is 19.2 Å². The summed E-state index contributed by atoms with van der Waals surface area (Å²) in [5.41, 5.74) is 0.892. The number of furan rings is 1. The Morgan fingerprint density at radius 1 is 1.05 bits per heavy atom. The van der Waals surface area contributed by atoms with Crippen molar-refractivity contribution >= 4 is 5.69 Å². The topological polar surface area (TPSA) is 56.5 Å². The average molecular weight is 296 g/mol. The number of nitrogens with zero attached hydrogens (tertiary/aromatic N) is 1. The Bertz CT molecular complexity index is 709. The second kappa shape index (κ2) is 6.67. The van der Waals surface area contributed by atoms with Crippen LogP contribution in [0.15, 0.2) is 65.4 Å². The molecule has 0 saturated heterocycles. The van der Waals surface area contributed by atoms with Crippen LogP contribution >= 0.6 is 0 Å². The van der Waals surface area contributed by atoms with Gasteiger partial charge in [0.15, 0.2) is 11.5 Å². The van der Waals surface area contributed by atoms with Crippen molar-refractivity contribution in [2.45, 2.75) is 6.54 Å². The van der Waals surface area contributed by atoms with Crippen molar-refractivity contribution in [1.82, 2.24) is 4.98 Å². The van der Waals surface area contributed by atoms with Crippen molar-refractivity contribution in [2.24, 2.45) is 0 Å². The zero-order valence-corrected chi connectivity index (χ0v) is 12.2. The molecule has 3 rings (SSSR count). The van der Waals surface area contributed by atoms with E-state index in [-0.39, 0.29) is 0 Å². The molecule has 112 valence electrons. The minimum atomic E-state index is 0.507. The zero-order chi connectivity index (χ0) is 15.2. The Labute approximate surface area is 128 Å². The van der Waals surface area contributed by atoms with Gasteiger partial charge in [0.2, 0.25) is 5.88 Å². The normalized spacial score (nSPS) is 10.2. The first-order chi connectivity index (χ1) is 10.8. The minimum Gasteiger partial charge on any atom is -0.493 e. The predicted molar refractivity (Wildman–Crippen MR) is 83.3 cm³/mol. The van der Waals surface area contributed by atoms with E-state index >= 15 is 0 Å². The van der Waals surface area contributed by atoms with Crippen LogP contribution in [-0.4, -0.2) is 12.1 Å². The molecule has 2 heterocycles. The summed E-state index contributed by atoms with van der Waals surface area (Å²) in [7, 11) is 1.61. The molecule has 5 nitrogen and oxygen atoms in total. The van der Waals surface area contributed by atoms with E-state index in [2.05, 4.69) is 10.3 Å². The Balaban J connectivity index is 1.64. The molecule has 0 aliphatic heterocycles. The Kier molecular flexibility index (Phi) is 4.25. The number of hydrogen-bond acceptors (Lipinski definition) is 5. The smallest absolute Gasteiger partial charge is 0.219 e. The summed E-state index contributed by atoms with van der Waals surface area (Å²) in [6.07, 6.45) is 3.37. The second-order valence-electron chi connectivity index (χ2n) is 4.57. The van der Waals surface area contributed by atoms with Gasteiger partial charge in [-0.25, -0.2) is 4.98 Å². The molecule has 0 amide bonds. The van der Waals surface area contributed by atoms with Crippen LogP contribution in [0.2, 0.25) is 0 Å². The molecule has 0 spiro atoms. The van der Waals surface area contributed by atoms with Gasteiger partial charge in [-0.3, -0.25) is 0 Å². The summed E-state index contributed by atoms with van der Waals surface area (Å²) >= 11 is 0. The van der Waals surface area contributed by atoms with Crippen LogP contribution in [0.5, 0.6) is 17.4 Å². The van der Waals surface area contributed by atoms with Crippen molar-refractivity contribution in [3.63, 3.8) is 0 Å². The van der Waals surface area contributed by atoms with E-state index in [0.29, 0.717) is 23.9 Å². The van der Waals surface area contributed by atoms with Gasteiger partial charge in [0, 0.05) is 6.07 Å². The molecule has 22 heavy (non-hydrogen) atoms. The summed E-state index contributed by atoms with van der Waals surface area (Å²) in [6.45, 7) is 0.612. The number of methoxy groups -OCH3 is 1. The molecule has 0 radical (unpaired) electrons. The predicted octanol–water partition coefficient (Wildman–Crippen LogP) is 4.09. The maximum atomic E-state index is 5.72. The molecular weight excluding hydrogens is 280 g/mol. The summed E-state index contributed by atoms with van der Waals surface area (Å²) in [4.78, 5) is 4.28. The van der Waals surface area contributed by atoms with Crippen molar-refractivity contribution < 1.29 is 13.9 Å². The van der Waals surface area contributed by atoms with E-state index in [4.69, 9.17) is 13.9 Å². The maximum absolute atomic E-state index is 5.72. The van der Waals surface area contributed by atoms with E-state index in [0.717, 1.165) is 11.4 Å². The van der Waals surface area contributed by atoms with Gasteiger partial charge in [0.1, 0.15) is 5.76 Å². The molecule has 0 atom stereocenters. The number of aromatic nitrogens is 1. The van der Waals surface area contributed by atoms with E-state index in [1.807, 2.05) is 42.5 Å². The number of anilines is 1. The first-order valence-corrected chi connectivity index (χ1v) is 6.88. The monoisotopic (exact) mass is 296 g/mol. The largest absolute Gasteiger partial charge is 0.493 e. The Morgan fingerprint density at radius 2 is 1.91 bits per heavy atom. The third kappa shape index (κ3) is 3.38. The van der Waals surface area contributed by atoms with Crippen LogP contribution in [0.25, 0.3) is 0 Å². The van der Waals surface area contributed by atoms with Gasteiger partial charge in [0.05, 0.1) is 31.8 Å². The van der Waals surface area contributed by atoms with Crippen molar-refractivity contribution in [2.75, 3.05) is 12.4 Å². The lowest BCUT2D eigenvalue weighted by atomic mass is 10.3. The lowest BCUT2D eigenvalue weighted by Crippen LogP contribution is -1.99. The number of para-hydroxylation sites is 2. The summed E-state index contributed by atoms with van der Waals surface area (Å²) in [5, 5.41) is 3.22. The molecule has 0 unspecified atom stereocenters. The molecule has 0 bridgehead atoms. The Hall–Kier alpha value is -2.95. The molecule has 3 aromatic rings.